The molecular formula is C17H13ClFN5O3. The number of carbonyl (C=O) groups is 1. The van der Waals surface area contributed by atoms with Crippen LogP contribution >= 0.6 is 11.6 Å². The number of rotatable bonds is 5. The fraction of sp³-hybridized carbons (Fsp3) is 0.0588. The van der Waals surface area contributed by atoms with Crippen molar-refractivity contribution < 1.29 is 19.1 Å². The molecule has 0 radical (unpaired) electrons. The zero-order chi connectivity index (χ0) is 19.4. The third kappa shape index (κ3) is 3.94. The SMILES string of the molecule is COc1cnc(-c2cc(Cl)ccc2F)nc1Nc1ccncc1C(=O)NO. The minimum atomic E-state index is -0.764. The Labute approximate surface area is 158 Å². The molecule has 0 saturated carbocycles. The van der Waals surface area contributed by atoms with Gasteiger partial charge in [0, 0.05) is 17.4 Å². The van der Waals surface area contributed by atoms with Crippen LogP contribution in [0.2, 0.25) is 5.02 Å². The molecule has 0 aliphatic carbocycles. The summed E-state index contributed by atoms with van der Waals surface area (Å²) in [4.78, 5) is 24.0. The van der Waals surface area contributed by atoms with E-state index in [1.807, 2.05) is 0 Å². The number of hydrogen-bond acceptors (Lipinski definition) is 7. The van der Waals surface area contributed by atoms with Crippen molar-refractivity contribution in [2.75, 3.05) is 12.4 Å². The molecule has 27 heavy (non-hydrogen) atoms. The average Bonchev–Trinajstić information content (AvgIpc) is 2.69. The summed E-state index contributed by atoms with van der Waals surface area (Å²) in [6.45, 7) is 0. The number of amides is 1. The molecule has 0 aliphatic heterocycles. The molecule has 3 aromatic rings. The number of pyridine rings is 1. The smallest absolute Gasteiger partial charge is 0.278 e. The highest BCUT2D eigenvalue weighted by Crippen LogP contribution is 2.30. The van der Waals surface area contributed by atoms with Gasteiger partial charge in [0.25, 0.3) is 5.91 Å². The maximum absolute atomic E-state index is 14.1. The van der Waals surface area contributed by atoms with Gasteiger partial charge in [-0.05, 0) is 24.3 Å². The van der Waals surface area contributed by atoms with E-state index in [1.54, 1.807) is 0 Å². The Morgan fingerprint density at radius 2 is 2.11 bits per heavy atom. The number of nitrogens with one attached hydrogen (secondary N) is 2. The second kappa shape index (κ2) is 7.94. The van der Waals surface area contributed by atoms with Crippen LogP contribution in [-0.2, 0) is 0 Å². The van der Waals surface area contributed by atoms with Crippen LogP contribution < -0.4 is 15.5 Å². The Kier molecular flexibility index (Phi) is 5.43. The summed E-state index contributed by atoms with van der Waals surface area (Å²) in [7, 11) is 1.41. The van der Waals surface area contributed by atoms with Crippen LogP contribution in [0, 0.1) is 5.82 Å². The molecule has 1 amide bonds. The van der Waals surface area contributed by atoms with Crippen LogP contribution in [0.5, 0.6) is 5.75 Å². The molecule has 0 spiro atoms. The van der Waals surface area contributed by atoms with Gasteiger partial charge >= 0.3 is 0 Å². The van der Waals surface area contributed by atoms with E-state index < -0.39 is 11.7 Å². The van der Waals surface area contributed by atoms with E-state index in [2.05, 4.69) is 20.3 Å². The topological polar surface area (TPSA) is 109 Å². The van der Waals surface area contributed by atoms with Crippen molar-refractivity contribution in [3.8, 4) is 17.1 Å². The molecule has 0 aliphatic rings. The van der Waals surface area contributed by atoms with Gasteiger partial charge < -0.3 is 10.1 Å². The number of benzene rings is 1. The summed E-state index contributed by atoms with van der Waals surface area (Å²) >= 11 is 5.93. The van der Waals surface area contributed by atoms with Crippen molar-refractivity contribution in [3.63, 3.8) is 0 Å². The molecule has 8 nitrogen and oxygen atoms in total. The van der Waals surface area contributed by atoms with Gasteiger partial charge in [-0.25, -0.2) is 19.8 Å². The minimum absolute atomic E-state index is 0.0659. The highest BCUT2D eigenvalue weighted by molar-refractivity contribution is 6.30. The van der Waals surface area contributed by atoms with E-state index in [1.165, 1.54) is 55.4 Å². The van der Waals surface area contributed by atoms with Gasteiger partial charge in [0.1, 0.15) is 5.82 Å². The lowest BCUT2D eigenvalue weighted by Crippen LogP contribution is -2.20. The van der Waals surface area contributed by atoms with Crippen molar-refractivity contribution in [1.29, 1.82) is 0 Å². The molecule has 2 aromatic heterocycles. The molecule has 10 heteroatoms. The lowest BCUT2D eigenvalue weighted by molar-refractivity contribution is 0.0707. The van der Waals surface area contributed by atoms with Gasteiger partial charge in [-0.3, -0.25) is 15.0 Å². The number of hydrogen-bond donors (Lipinski definition) is 3. The van der Waals surface area contributed by atoms with E-state index in [4.69, 9.17) is 21.5 Å². The number of methoxy groups -OCH3 is 1. The largest absolute Gasteiger partial charge is 0.491 e. The molecule has 3 rings (SSSR count). The lowest BCUT2D eigenvalue weighted by Gasteiger charge is -2.13. The zero-order valence-electron chi connectivity index (χ0n) is 13.9. The van der Waals surface area contributed by atoms with Crippen LogP contribution in [0.15, 0.2) is 42.9 Å². The van der Waals surface area contributed by atoms with Gasteiger partial charge in [0.05, 0.1) is 30.1 Å². The van der Waals surface area contributed by atoms with Gasteiger partial charge in [0.15, 0.2) is 17.4 Å². The van der Waals surface area contributed by atoms with Crippen LogP contribution in [0.4, 0.5) is 15.9 Å². The first-order valence-electron chi connectivity index (χ1n) is 7.55. The Hall–Kier alpha value is -3.30. The van der Waals surface area contributed by atoms with E-state index >= 15 is 0 Å². The molecule has 1 aromatic carbocycles. The summed E-state index contributed by atoms with van der Waals surface area (Å²) < 4.78 is 19.3. The molecule has 3 N–H and O–H groups in total. The molecule has 0 unspecified atom stereocenters. The molecule has 0 atom stereocenters. The highest BCUT2D eigenvalue weighted by atomic mass is 35.5. The highest BCUT2D eigenvalue weighted by Gasteiger charge is 2.16. The van der Waals surface area contributed by atoms with Crippen LogP contribution in [0.1, 0.15) is 10.4 Å². The molecule has 138 valence electrons. The number of nitrogens with zero attached hydrogens (tertiary/aromatic N) is 3. The maximum atomic E-state index is 14.1. The molecule has 2 heterocycles. The molecule has 0 fully saturated rings. The molecule has 0 bridgehead atoms. The number of hydroxylamine groups is 1. The predicted molar refractivity (Wildman–Crippen MR) is 95.8 cm³/mol. The third-order valence-corrected chi connectivity index (χ3v) is 3.80. The van der Waals surface area contributed by atoms with Gasteiger partial charge in [-0.1, -0.05) is 11.6 Å². The third-order valence-electron chi connectivity index (χ3n) is 3.56. The fourth-order valence-electron chi connectivity index (χ4n) is 2.28. The van der Waals surface area contributed by atoms with E-state index in [0.29, 0.717) is 10.7 Å². The van der Waals surface area contributed by atoms with Crippen molar-refractivity contribution in [2.24, 2.45) is 0 Å². The normalized spacial score (nSPS) is 10.4. The quantitative estimate of drug-likeness (QED) is 0.454. The van der Waals surface area contributed by atoms with Crippen molar-refractivity contribution in [1.82, 2.24) is 20.4 Å². The lowest BCUT2D eigenvalue weighted by atomic mass is 10.2. The Morgan fingerprint density at radius 3 is 2.85 bits per heavy atom. The number of anilines is 2. The zero-order valence-corrected chi connectivity index (χ0v) is 14.7. The van der Waals surface area contributed by atoms with Crippen molar-refractivity contribution in [2.45, 2.75) is 0 Å². The van der Waals surface area contributed by atoms with Gasteiger partial charge in [-0.15, -0.1) is 0 Å². The van der Waals surface area contributed by atoms with Crippen LogP contribution in [-0.4, -0.2) is 33.2 Å². The number of aromatic nitrogens is 3. The summed E-state index contributed by atoms with van der Waals surface area (Å²) in [5.74, 6) is -0.798. The minimum Gasteiger partial charge on any atom is -0.491 e. The molecular weight excluding hydrogens is 377 g/mol. The number of halogens is 2. The Morgan fingerprint density at radius 1 is 1.30 bits per heavy atom. The Balaban J connectivity index is 2.06. The van der Waals surface area contributed by atoms with E-state index in [0.717, 1.165) is 0 Å². The summed E-state index contributed by atoms with van der Waals surface area (Å²) in [6, 6.07) is 5.54. The standard InChI is InChI=1S/C17H13ClFN5O3/c1-27-14-8-21-15(10-6-9(18)2-3-12(10)19)23-16(14)22-13-4-5-20-7-11(13)17(25)24-26/h2-8,26H,1H3,(H,24,25)(H,20,21,22,23). The van der Waals surface area contributed by atoms with Crippen LogP contribution in [0.25, 0.3) is 11.4 Å². The number of carbonyl (C=O) groups excluding carboxylic acids is 1. The van der Waals surface area contributed by atoms with E-state index in [-0.39, 0.29) is 28.5 Å². The first-order chi connectivity index (χ1) is 13.0. The number of ether oxygens (including phenoxy) is 1. The average molecular weight is 390 g/mol. The summed E-state index contributed by atoms with van der Waals surface area (Å²) in [5, 5.41) is 12.1. The van der Waals surface area contributed by atoms with Crippen molar-refractivity contribution in [3.05, 3.63) is 59.3 Å². The maximum Gasteiger partial charge on any atom is 0.278 e. The summed E-state index contributed by atoms with van der Waals surface area (Å²) in [5.41, 5.74) is 2.01. The second-order valence-electron chi connectivity index (χ2n) is 5.22. The first-order valence-corrected chi connectivity index (χ1v) is 7.93. The second-order valence-corrected chi connectivity index (χ2v) is 5.66. The Bertz CT molecular complexity index is 1000. The predicted octanol–water partition coefficient (Wildman–Crippen LogP) is 3.20. The monoisotopic (exact) mass is 389 g/mol. The summed E-state index contributed by atoms with van der Waals surface area (Å²) in [6.07, 6.45) is 4.07. The fourth-order valence-corrected chi connectivity index (χ4v) is 2.45. The molecule has 0 saturated heterocycles. The van der Waals surface area contributed by atoms with Crippen LogP contribution in [0.3, 0.4) is 0 Å². The van der Waals surface area contributed by atoms with Gasteiger partial charge in [-0.2, -0.15) is 0 Å². The van der Waals surface area contributed by atoms with Crippen molar-refractivity contribution >= 4 is 29.0 Å². The van der Waals surface area contributed by atoms with E-state index in [9.17, 15) is 9.18 Å². The first kappa shape index (κ1) is 18.5. The van der Waals surface area contributed by atoms with Gasteiger partial charge in [0.2, 0.25) is 0 Å².